The second-order valence-corrected chi connectivity index (χ2v) is 6.97. The molecular formula is C23H17N3OS. The van der Waals surface area contributed by atoms with Gasteiger partial charge < -0.3 is 10.1 Å². The smallest absolute Gasteiger partial charge is 0.136 e. The number of rotatable bonds is 5. The van der Waals surface area contributed by atoms with Gasteiger partial charge in [0.1, 0.15) is 22.4 Å². The first kappa shape index (κ1) is 17.8. The van der Waals surface area contributed by atoms with Gasteiger partial charge in [-0.1, -0.05) is 48.5 Å². The van der Waals surface area contributed by atoms with Crippen LogP contribution in [0, 0.1) is 11.3 Å². The van der Waals surface area contributed by atoms with Crippen LogP contribution in [-0.4, -0.2) is 12.1 Å². The summed E-state index contributed by atoms with van der Waals surface area (Å²) in [6, 6.07) is 24.2. The predicted octanol–water partition coefficient (Wildman–Crippen LogP) is 5.95. The summed E-state index contributed by atoms with van der Waals surface area (Å²) in [5.74, 6) is 0.778. The molecule has 3 aromatic carbocycles. The lowest BCUT2D eigenvalue weighted by Gasteiger charge is -2.06. The number of ether oxygens (including phenoxy) is 1. The molecular weight excluding hydrogens is 366 g/mol. The van der Waals surface area contributed by atoms with Gasteiger partial charge >= 0.3 is 0 Å². The average Bonchev–Trinajstić information content (AvgIpc) is 3.24. The molecule has 0 aliphatic rings. The summed E-state index contributed by atoms with van der Waals surface area (Å²) in [5.41, 5.74) is 3.23. The van der Waals surface area contributed by atoms with Gasteiger partial charge in [0.15, 0.2) is 0 Å². The molecule has 1 heterocycles. The van der Waals surface area contributed by atoms with Gasteiger partial charge in [-0.2, -0.15) is 5.26 Å². The normalized spacial score (nSPS) is 11.2. The van der Waals surface area contributed by atoms with E-state index in [9.17, 15) is 5.26 Å². The predicted molar refractivity (Wildman–Crippen MR) is 115 cm³/mol. The molecule has 0 unspecified atom stereocenters. The summed E-state index contributed by atoms with van der Waals surface area (Å²) in [5, 5.41) is 17.8. The molecule has 0 bridgehead atoms. The Bertz CT molecular complexity index is 1200. The molecule has 4 nitrogen and oxygen atoms in total. The van der Waals surface area contributed by atoms with Crippen molar-refractivity contribution in [2.75, 3.05) is 12.4 Å². The second-order valence-electron chi connectivity index (χ2n) is 6.11. The molecule has 0 spiro atoms. The fourth-order valence-corrected chi connectivity index (χ4v) is 3.75. The van der Waals surface area contributed by atoms with Crippen molar-refractivity contribution in [2.24, 2.45) is 0 Å². The number of nitriles is 1. The fraction of sp³-hybridized carbons (Fsp3) is 0.0435. The largest absolute Gasteiger partial charge is 0.497 e. The van der Waals surface area contributed by atoms with Crippen LogP contribution in [-0.2, 0) is 0 Å². The van der Waals surface area contributed by atoms with Gasteiger partial charge in [-0.25, -0.2) is 4.98 Å². The van der Waals surface area contributed by atoms with Crippen molar-refractivity contribution in [3.63, 3.8) is 0 Å². The number of aromatic nitrogens is 1. The van der Waals surface area contributed by atoms with Crippen molar-refractivity contribution >= 4 is 33.4 Å². The molecule has 0 saturated heterocycles. The molecule has 0 fully saturated rings. The number of benzene rings is 3. The minimum atomic E-state index is 0.493. The quantitative estimate of drug-likeness (QED) is 0.433. The molecule has 28 heavy (non-hydrogen) atoms. The SMILES string of the molecule is COc1cccc(-c2csc(/C(C#N)=C/Nc3cccc4ccccc34)n2)c1. The van der Waals surface area contributed by atoms with Gasteiger partial charge in [0, 0.05) is 28.2 Å². The summed E-state index contributed by atoms with van der Waals surface area (Å²) in [6.45, 7) is 0. The summed E-state index contributed by atoms with van der Waals surface area (Å²) in [4.78, 5) is 4.63. The Morgan fingerprint density at radius 2 is 1.93 bits per heavy atom. The number of allylic oxidation sites excluding steroid dienone is 1. The van der Waals surface area contributed by atoms with E-state index in [0.717, 1.165) is 33.5 Å². The molecule has 0 aliphatic carbocycles. The van der Waals surface area contributed by atoms with E-state index in [4.69, 9.17) is 4.74 Å². The number of fused-ring (bicyclic) bond motifs is 1. The zero-order chi connectivity index (χ0) is 19.3. The summed E-state index contributed by atoms with van der Waals surface area (Å²) >= 11 is 1.45. The maximum absolute atomic E-state index is 9.62. The van der Waals surface area contributed by atoms with E-state index in [1.807, 2.05) is 53.9 Å². The summed E-state index contributed by atoms with van der Waals surface area (Å²) in [7, 11) is 1.64. The minimum absolute atomic E-state index is 0.493. The molecule has 0 radical (unpaired) electrons. The molecule has 1 N–H and O–H groups in total. The zero-order valence-electron chi connectivity index (χ0n) is 15.2. The number of nitrogens with zero attached hydrogens (tertiary/aromatic N) is 2. The Hall–Kier alpha value is -3.62. The second kappa shape index (κ2) is 7.95. The van der Waals surface area contributed by atoms with E-state index in [2.05, 4.69) is 34.6 Å². The lowest BCUT2D eigenvalue weighted by Crippen LogP contribution is -1.92. The monoisotopic (exact) mass is 383 g/mol. The molecule has 0 saturated carbocycles. The summed E-state index contributed by atoms with van der Waals surface area (Å²) in [6.07, 6.45) is 1.72. The molecule has 136 valence electrons. The van der Waals surface area contributed by atoms with E-state index in [0.29, 0.717) is 10.6 Å². The van der Waals surface area contributed by atoms with Gasteiger partial charge in [0.2, 0.25) is 0 Å². The molecule has 5 heteroatoms. The van der Waals surface area contributed by atoms with Gasteiger partial charge in [-0.05, 0) is 23.6 Å². The maximum Gasteiger partial charge on any atom is 0.136 e. The van der Waals surface area contributed by atoms with Crippen molar-refractivity contribution < 1.29 is 4.74 Å². The number of nitrogens with one attached hydrogen (secondary N) is 1. The van der Waals surface area contributed by atoms with Gasteiger partial charge in [-0.3, -0.25) is 0 Å². The minimum Gasteiger partial charge on any atom is -0.497 e. The first-order chi connectivity index (χ1) is 13.8. The highest BCUT2D eigenvalue weighted by Gasteiger charge is 2.10. The number of methoxy groups -OCH3 is 1. The number of hydrogen-bond donors (Lipinski definition) is 1. The maximum atomic E-state index is 9.62. The Balaban J connectivity index is 1.62. The van der Waals surface area contributed by atoms with Gasteiger partial charge in [0.25, 0.3) is 0 Å². The topological polar surface area (TPSA) is 57.9 Å². The van der Waals surface area contributed by atoms with Crippen molar-refractivity contribution in [2.45, 2.75) is 0 Å². The fourth-order valence-electron chi connectivity index (χ4n) is 2.96. The van der Waals surface area contributed by atoms with Crippen LogP contribution in [0.2, 0.25) is 0 Å². The first-order valence-electron chi connectivity index (χ1n) is 8.73. The van der Waals surface area contributed by atoms with E-state index in [1.54, 1.807) is 13.3 Å². The van der Waals surface area contributed by atoms with Crippen LogP contribution in [0.15, 0.2) is 78.3 Å². The van der Waals surface area contributed by atoms with Crippen LogP contribution in [0.5, 0.6) is 5.75 Å². The van der Waals surface area contributed by atoms with Crippen LogP contribution in [0.4, 0.5) is 5.69 Å². The van der Waals surface area contributed by atoms with Crippen LogP contribution >= 0.6 is 11.3 Å². The Kier molecular flexibility index (Phi) is 5.05. The highest BCUT2D eigenvalue weighted by Crippen LogP contribution is 2.29. The zero-order valence-corrected chi connectivity index (χ0v) is 16.0. The van der Waals surface area contributed by atoms with Crippen molar-refractivity contribution in [3.8, 4) is 23.1 Å². The van der Waals surface area contributed by atoms with Gasteiger partial charge in [0.05, 0.1) is 12.8 Å². The van der Waals surface area contributed by atoms with Gasteiger partial charge in [-0.15, -0.1) is 11.3 Å². The third kappa shape index (κ3) is 3.59. The average molecular weight is 383 g/mol. The Labute approximate surface area is 167 Å². The summed E-state index contributed by atoms with van der Waals surface area (Å²) < 4.78 is 5.28. The van der Waals surface area contributed by atoms with E-state index in [1.165, 1.54) is 11.3 Å². The molecule has 4 rings (SSSR count). The Morgan fingerprint density at radius 3 is 2.79 bits per heavy atom. The van der Waals surface area contributed by atoms with Crippen LogP contribution in [0.3, 0.4) is 0 Å². The highest BCUT2D eigenvalue weighted by atomic mass is 32.1. The van der Waals surface area contributed by atoms with E-state index in [-0.39, 0.29) is 0 Å². The molecule has 1 aromatic heterocycles. The molecule has 4 aromatic rings. The van der Waals surface area contributed by atoms with Crippen LogP contribution in [0.1, 0.15) is 5.01 Å². The standard InChI is InChI=1S/C23H17N3OS/c1-27-19-9-4-8-17(12-19)22-15-28-23(26-22)18(13-24)14-25-21-11-5-7-16-6-2-3-10-20(16)21/h2-12,14-15,25H,1H3/b18-14+. The first-order valence-corrected chi connectivity index (χ1v) is 9.61. The lowest BCUT2D eigenvalue weighted by atomic mass is 10.1. The van der Waals surface area contributed by atoms with Crippen molar-refractivity contribution in [1.29, 1.82) is 5.26 Å². The molecule has 0 atom stereocenters. The molecule has 0 amide bonds. The number of anilines is 1. The van der Waals surface area contributed by atoms with Crippen molar-refractivity contribution in [3.05, 3.63) is 83.3 Å². The molecule has 0 aliphatic heterocycles. The van der Waals surface area contributed by atoms with Crippen LogP contribution < -0.4 is 10.1 Å². The number of hydrogen-bond acceptors (Lipinski definition) is 5. The van der Waals surface area contributed by atoms with Crippen molar-refractivity contribution in [1.82, 2.24) is 4.98 Å². The third-order valence-electron chi connectivity index (χ3n) is 4.38. The number of thiazole rings is 1. The third-order valence-corrected chi connectivity index (χ3v) is 5.26. The lowest BCUT2D eigenvalue weighted by molar-refractivity contribution is 0.415. The van der Waals surface area contributed by atoms with E-state index >= 15 is 0 Å². The van der Waals surface area contributed by atoms with Crippen LogP contribution in [0.25, 0.3) is 27.6 Å². The highest BCUT2D eigenvalue weighted by molar-refractivity contribution is 7.11. The Morgan fingerprint density at radius 1 is 1.11 bits per heavy atom. The van der Waals surface area contributed by atoms with E-state index < -0.39 is 0 Å².